The molecular weight excluding hydrogens is 530 g/mol. The van der Waals surface area contributed by atoms with Crippen LogP contribution in [0.3, 0.4) is 0 Å². The highest BCUT2D eigenvalue weighted by Crippen LogP contribution is 2.24. The molecule has 7 nitrogen and oxygen atoms in total. The Bertz CT molecular complexity index is 1240. The summed E-state index contributed by atoms with van der Waals surface area (Å²) in [5.74, 6) is 0. The fraction of sp³-hybridized carbons (Fsp3) is 0.429. The smallest absolute Gasteiger partial charge is 0.0936 e. The molecule has 4 aromatic rings. The van der Waals surface area contributed by atoms with Gasteiger partial charge in [-0.2, -0.15) is 0 Å². The van der Waals surface area contributed by atoms with E-state index in [0.29, 0.717) is 79.2 Å². The van der Waals surface area contributed by atoms with Crippen LogP contribution >= 0.6 is 0 Å². The van der Waals surface area contributed by atoms with Crippen LogP contribution in [0.2, 0.25) is 0 Å². The van der Waals surface area contributed by atoms with Crippen LogP contribution in [0.5, 0.6) is 0 Å². The first-order valence-corrected chi connectivity index (χ1v) is 15.0. The number of hydrogen-bond donors (Lipinski definition) is 0. The zero-order chi connectivity index (χ0) is 28.7. The Morgan fingerprint density at radius 3 is 1.43 bits per heavy atom. The van der Waals surface area contributed by atoms with Crippen molar-refractivity contribution in [2.24, 2.45) is 0 Å². The van der Waals surface area contributed by atoms with Gasteiger partial charge in [-0.25, -0.2) is 0 Å². The van der Waals surface area contributed by atoms with Gasteiger partial charge in [-0.1, -0.05) is 84.9 Å². The molecule has 0 aromatic heterocycles. The van der Waals surface area contributed by atoms with E-state index in [9.17, 15) is 0 Å². The van der Waals surface area contributed by atoms with Gasteiger partial charge in [-0.05, 0) is 32.7 Å². The largest absolute Gasteiger partial charge is 0.377 e. The van der Waals surface area contributed by atoms with E-state index < -0.39 is 0 Å². The van der Waals surface area contributed by atoms with Crippen LogP contribution in [0.25, 0.3) is 21.5 Å². The second-order valence-corrected chi connectivity index (χ2v) is 10.5. The van der Waals surface area contributed by atoms with Gasteiger partial charge < -0.3 is 28.4 Å². The van der Waals surface area contributed by atoms with Crippen molar-refractivity contribution < 1.29 is 28.4 Å². The standard InChI is InChI=1S/C35H43NO6/c1-3-13-34-29(7-1)9-5-11-31(34)25-36(26-32-12-6-10-30-8-2-4-14-35(30)32)27-33-28-41-22-21-39-18-17-37-15-16-38-19-20-40-23-24-42-33/h1-14,33H,15-28H2. The molecule has 1 fully saturated rings. The van der Waals surface area contributed by atoms with Crippen molar-refractivity contribution in [1.29, 1.82) is 0 Å². The van der Waals surface area contributed by atoms with Gasteiger partial charge in [0.2, 0.25) is 0 Å². The Morgan fingerprint density at radius 2 is 0.905 bits per heavy atom. The molecule has 224 valence electrons. The maximum Gasteiger partial charge on any atom is 0.0936 e. The molecule has 0 bridgehead atoms. The van der Waals surface area contributed by atoms with Crippen molar-refractivity contribution in [2.75, 3.05) is 79.2 Å². The Labute approximate surface area is 249 Å². The summed E-state index contributed by atoms with van der Waals surface area (Å²) in [6.45, 7) is 8.05. The Hall–Kier alpha value is -2.88. The molecule has 7 heteroatoms. The first-order valence-electron chi connectivity index (χ1n) is 15.0. The monoisotopic (exact) mass is 573 g/mol. The number of nitrogens with zero attached hydrogens (tertiary/aromatic N) is 1. The molecule has 0 aliphatic carbocycles. The molecule has 1 unspecified atom stereocenters. The zero-order valence-electron chi connectivity index (χ0n) is 24.5. The second kappa shape index (κ2) is 17.3. The van der Waals surface area contributed by atoms with Crippen molar-refractivity contribution in [3.05, 3.63) is 96.1 Å². The molecular formula is C35H43NO6. The quantitative estimate of drug-likeness (QED) is 0.303. The summed E-state index contributed by atoms with van der Waals surface area (Å²) < 4.78 is 35.0. The number of benzene rings is 4. The van der Waals surface area contributed by atoms with Crippen LogP contribution in [-0.4, -0.2) is 90.2 Å². The Balaban J connectivity index is 1.32. The summed E-state index contributed by atoms with van der Waals surface area (Å²) in [4.78, 5) is 2.48. The van der Waals surface area contributed by atoms with Gasteiger partial charge >= 0.3 is 0 Å². The van der Waals surface area contributed by atoms with E-state index in [1.54, 1.807) is 0 Å². The molecule has 1 saturated heterocycles. The molecule has 5 rings (SSSR count). The van der Waals surface area contributed by atoms with Crippen LogP contribution in [0.4, 0.5) is 0 Å². The van der Waals surface area contributed by atoms with Crippen LogP contribution < -0.4 is 0 Å². The third-order valence-corrected chi connectivity index (χ3v) is 7.38. The predicted octanol–water partition coefficient (Wildman–Crippen LogP) is 5.48. The first-order chi connectivity index (χ1) is 20.9. The maximum atomic E-state index is 6.38. The van der Waals surface area contributed by atoms with Crippen LogP contribution in [0, 0.1) is 0 Å². The molecule has 0 amide bonds. The van der Waals surface area contributed by atoms with Crippen molar-refractivity contribution in [3.63, 3.8) is 0 Å². The molecule has 1 atom stereocenters. The third kappa shape index (κ3) is 9.57. The molecule has 42 heavy (non-hydrogen) atoms. The fourth-order valence-corrected chi connectivity index (χ4v) is 5.34. The molecule has 0 spiro atoms. The summed E-state index contributed by atoms with van der Waals surface area (Å²) in [6.07, 6.45) is -0.128. The predicted molar refractivity (Wildman–Crippen MR) is 166 cm³/mol. The molecule has 0 N–H and O–H groups in total. The normalized spacial score (nSPS) is 19.0. The number of fused-ring (bicyclic) bond motifs is 2. The van der Waals surface area contributed by atoms with Gasteiger partial charge in [0.25, 0.3) is 0 Å². The van der Waals surface area contributed by atoms with Crippen LogP contribution in [0.15, 0.2) is 84.9 Å². The highest BCUT2D eigenvalue weighted by Gasteiger charge is 2.18. The summed E-state index contributed by atoms with van der Waals surface area (Å²) in [7, 11) is 0. The van der Waals surface area contributed by atoms with Crippen molar-refractivity contribution in [2.45, 2.75) is 19.2 Å². The first kappa shape index (κ1) is 30.6. The van der Waals surface area contributed by atoms with E-state index in [0.717, 1.165) is 13.1 Å². The minimum Gasteiger partial charge on any atom is -0.377 e. The van der Waals surface area contributed by atoms with Gasteiger partial charge in [-0.3, -0.25) is 4.90 Å². The highest BCUT2D eigenvalue weighted by atomic mass is 16.6. The lowest BCUT2D eigenvalue weighted by atomic mass is 10.0. The highest BCUT2D eigenvalue weighted by molar-refractivity contribution is 5.86. The maximum absolute atomic E-state index is 6.38. The van der Waals surface area contributed by atoms with E-state index in [4.69, 9.17) is 28.4 Å². The minimum atomic E-state index is -0.128. The SMILES string of the molecule is c1ccc2c(CN(Cc3cccc4ccccc34)CC3COCCOCCOCCOCCOCCO3)cccc2c1. The molecule has 1 aliphatic heterocycles. The number of rotatable bonds is 6. The zero-order valence-corrected chi connectivity index (χ0v) is 24.5. The topological polar surface area (TPSA) is 58.6 Å². The lowest BCUT2D eigenvalue weighted by Gasteiger charge is -2.29. The lowest BCUT2D eigenvalue weighted by Crippen LogP contribution is -2.37. The minimum absolute atomic E-state index is 0.128. The summed E-state index contributed by atoms with van der Waals surface area (Å²) in [5.41, 5.74) is 2.60. The third-order valence-electron chi connectivity index (χ3n) is 7.38. The lowest BCUT2D eigenvalue weighted by molar-refractivity contribution is -0.0694. The van der Waals surface area contributed by atoms with Gasteiger partial charge in [-0.15, -0.1) is 0 Å². The van der Waals surface area contributed by atoms with E-state index in [1.165, 1.54) is 32.7 Å². The van der Waals surface area contributed by atoms with E-state index in [1.807, 2.05) is 0 Å². The molecule has 0 radical (unpaired) electrons. The van der Waals surface area contributed by atoms with E-state index in [2.05, 4.69) is 89.8 Å². The van der Waals surface area contributed by atoms with Crippen molar-refractivity contribution in [1.82, 2.24) is 4.90 Å². The second-order valence-electron chi connectivity index (χ2n) is 10.5. The summed E-state index contributed by atoms with van der Waals surface area (Å²) in [5, 5.41) is 5.06. The number of ether oxygens (including phenoxy) is 6. The summed E-state index contributed by atoms with van der Waals surface area (Å²) >= 11 is 0. The van der Waals surface area contributed by atoms with Crippen molar-refractivity contribution >= 4 is 21.5 Å². The van der Waals surface area contributed by atoms with Crippen LogP contribution in [-0.2, 0) is 41.5 Å². The Morgan fingerprint density at radius 1 is 0.476 bits per heavy atom. The van der Waals surface area contributed by atoms with Gasteiger partial charge in [0.1, 0.15) is 0 Å². The number of hydrogen-bond acceptors (Lipinski definition) is 7. The van der Waals surface area contributed by atoms with Gasteiger partial charge in [0, 0.05) is 19.6 Å². The van der Waals surface area contributed by atoms with Crippen LogP contribution in [0.1, 0.15) is 11.1 Å². The van der Waals surface area contributed by atoms with Gasteiger partial charge in [0.05, 0.1) is 78.8 Å². The van der Waals surface area contributed by atoms with Crippen molar-refractivity contribution in [3.8, 4) is 0 Å². The fourth-order valence-electron chi connectivity index (χ4n) is 5.34. The molecule has 1 heterocycles. The van der Waals surface area contributed by atoms with Gasteiger partial charge in [0.15, 0.2) is 0 Å². The average Bonchev–Trinajstić information content (AvgIpc) is 3.02. The van der Waals surface area contributed by atoms with E-state index in [-0.39, 0.29) is 6.10 Å². The average molecular weight is 574 g/mol. The Kier molecular flexibility index (Phi) is 12.6. The molecule has 4 aromatic carbocycles. The summed E-state index contributed by atoms with van der Waals surface area (Å²) in [6, 6.07) is 30.3. The molecule has 1 aliphatic rings. The van der Waals surface area contributed by atoms with E-state index >= 15 is 0 Å². The molecule has 0 saturated carbocycles.